The Bertz CT molecular complexity index is 180. The van der Waals surface area contributed by atoms with Crippen molar-refractivity contribution >= 4 is 8.21 Å². The average molecular weight is 347 g/mol. The molecule has 13 heavy (non-hydrogen) atoms. The van der Waals surface area contributed by atoms with Crippen molar-refractivity contribution in [2.75, 3.05) is 20.3 Å². The summed E-state index contributed by atoms with van der Waals surface area (Å²) in [7, 11) is 3.62. The molecule has 0 fully saturated rings. The maximum Gasteiger partial charge on any atom is -1.00 e. The normalized spacial score (nSPS) is 26.5. The molecule has 0 aromatic heterocycles. The van der Waals surface area contributed by atoms with Gasteiger partial charge in [-0.25, -0.2) is 0 Å². The van der Waals surface area contributed by atoms with Crippen LogP contribution in [-0.2, 0) is 18.1 Å². The third-order valence-electron chi connectivity index (χ3n) is 2.31. The molecule has 0 radical (unpaired) electrons. The van der Waals surface area contributed by atoms with Crippen LogP contribution in [0.25, 0.3) is 0 Å². The summed E-state index contributed by atoms with van der Waals surface area (Å²) in [5.41, 5.74) is 0. The number of nitrogens with zero attached hydrogens (tertiary/aromatic N) is 2. The Balaban J connectivity index is 0.00000144. The van der Waals surface area contributed by atoms with Crippen molar-refractivity contribution in [1.82, 2.24) is 4.90 Å². The van der Waals surface area contributed by atoms with Gasteiger partial charge in [-0.2, -0.15) is 0 Å². The van der Waals surface area contributed by atoms with Gasteiger partial charge >= 0.3 is 86.7 Å². The van der Waals surface area contributed by atoms with Gasteiger partial charge in [-0.05, 0) is 0 Å². The zero-order valence-electron chi connectivity index (χ0n) is 8.66. The smallest absolute Gasteiger partial charge is 1.00 e. The van der Waals surface area contributed by atoms with E-state index in [9.17, 15) is 0 Å². The SMILES string of the molecule is CCCC[N+]1([Mo][SiH3])C=CN(C)C1.[Br-]. The zero-order valence-corrected chi connectivity index (χ0v) is 14.3. The molecule has 0 spiro atoms. The number of hydrogen-bond acceptors (Lipinski definition) is 1. The molecule has 2 nitrogen and oxygen atoms in total. The van der Waals surface area contributed by atoms with Crippen molar-refractivity contribution in [2.24, 2.45) is 0 Å². The van der Waals surface area contributed by atoms with Gasteiger partial charge in [0.1, 0.15) is 0 Å². The monoisotopic (exact) mass is 348 g/mol. The summed E-state index contributed by atoms with van der Waals surface area (Å²) in [6, 6.07) is 0. The average Bonchev–Trinajstić information content (AvgIpc) is 2.45. The fraction of sp³-hybridized carbons (Fsp3) is 0.750. The quantitative estimate of drug-likeness (QED) is 0.499. The van der Waals surface area contributed by atoms with E-state index in [1.807, 2.05) is 0 Å². The van der Waals surface area contributed by atoms with Gasteiger partial charge in [-0.3, -0.25) is 0 Å². The maximum absolute atomic E-state index is 2.44. The molecule has 0 bridgehead atoms. The second kappa shape index (κ2) is 6.38. The van der Waals surface area contributed by atoms with Crippen LogP contribution in [-0.4, -0.2) is 36.4 Å². The van der Waals surface area contributed by atoms with Gasteiger partial charge in [0, 0.05) is 0 Å². The third kappa shape index (κ3) is 3.86. The number of halogens is 1. The number of hydrogen-bond donors (Lipinski definition) is 0. The first-order valence-corrected chi connectivity index (χ1v) is 12.3. The van der Waals surface area contributed by atoms with E-state index in [2.05, 4.69) is 31.3 Å². The van der Waals surface area contributed by atoms with E-state index in [-0.39, 0.29) is 35.1 Å². The predicted octanol–water partition coefficient (Wildman–Crippen LogP) is -2.74. The molecule has 0 saturated carbocycles. The minimum Gasteiger partial charge on any atom is -1.00 e. The summed E-state index contributed by atoms with van der Waals surface area (Å²) in [6.07, 6.45) is 7.43. The number of quaternary nitrogens is 1. The minimum atomic E-state index is 0. The van der Waals surface area contributed by atoms with Gasteiger partial charge < -0.3 is 17.0 Å². The molecule has 0 aliphatic carbocycles. The van der Waals surface area contributed by atoms with Crippen LogP contribution in [0.4, 0.5) is 0 Å². The molecular weight excluding hydrogens is 328 g/mol. The largest absolute Gasteiger partial charge is 1.00 e. The molecule has 5 heteroatoms. The molecular formula is C8H19BrMoN2Si. The van der Waals surface area contributed by atoms with Gasteiger partial charge in [0.25, 0.3) is 0 Å². The van der Waals surface area contributed by atoms with E-state index in [0.717, 1.165) is 0 Å². The van der Waals surface area contributed by atoms with E-state index < -0.39 is 0 Å². The van der Waals surface area contributed by atoms with E-state index in [0.29, 0.717) is 0 Å². The summed E-state index contributed by atoms with van der Waals surface area (Å²) in [5.74, 6) is 0. The Morgan fingerprint density at radius 1 is 1.62 bits per heavy atom. The fourth-order valence-corrected chi connectivity index (χ4v) is 5.90. The summed E-state index contributed by atoms with van der Waals surface area (Å²) in [6.45, 7) is 4.93. The first-order chi connectivity index (χ1) is 5.72. The Morgan fingerprint density at radius 3 is 2.69 bits per heavy atom. The van der Waals surface area contributed by atoms with Gasteiger partial charge in [0.15, 0.2) is 0 Å². The van der Waals surface area contributed by atoms with Crippen molar-refractivity contribution < 1.29 is 38.1 Å². The molecule has 0 N–H and O–H groups in total. The maximum atomic E-state index is 2.44. The van der Waals surface area contributed by atoms with E-state index >= 15 is 0 Å². The summed E-state index contributed by atoms with van der Waals surface area (Å²) < 4.78 is 1.35. The molecule has 1 rings (SSSR count). The predicted molar refractivity (Wildman–Crippen MR) is 51.7 cm³/mol. The van der Waals surface area contributed by atoms with Gasteiger partial charge in [-0.1, -0.05) is 0 Å². The van der Waals surface area contributed by atoms with Crippen molar-refractivity contribution in [3.8, 4) is 0 Å². The minimum absolute atomic E-state index is 0. The Kier molecular flexibility index (Phi) is 6.82. The molecule has 0 saturated heterocycles. The molecule has 1 atom stereocenters. The fourth-order valence-electron chi connectivity index (χ4n) is 1.49. The standard InChI is InChI=1S/C8H16N2.BrH.Mo.H3Si/c1-3-4-5-10-7-6-9(2)8-10;;;/h6-7H,3-5,8H2,1-2H3;1H;;1H3/q;;+1;/p-1. The second-order valence-electron chi connectivity index (χ2n) is 3.41. The topological polar surface area (TPSA) is 3.24 Å². The van der Waals surface area contributed by atoms with Crippen LogP contribution < -0.4 is 17.0 Å². The summed E-state index contributed by atoms with van der Waals surface area (Å²) >= 11 is 0.255. The van der Waals surface area contributed by atoms with Crippen molar-refractivity contribution in [3.05, 3.63) is 12.4 Å². The molecule has 1 aliphatic rings. The molecule has 0 aromatic carbocycles. The van der Waals surface area contributed by atoms with Crippen LogP contribution in [0.1, 0.15) is 19.8 Å². The Morgan fingerprint density at radius 2 is 2.31 bits per heavy atom. The molecule has 78 valence electrons. The van der Waals surface area contributed by atoms with Crippen LogP contribution in [0.15, 0.2) is 12.4 Å². The van der Waals surface area contributed by atoms with Crippen molar-refractivity contribution in [1.29, 1.82) is 0 Å². The van der Waals surface area contributed by atoms with Crippen LogP contribution >= 0.6 is 0 Å². The second-order valence-corrected chi connectivity index (χ2v) is 8.25. The summed E-state index contributed by atoms with van der Waals surface area (Å²) in [5, 5.41) is 0. The molecule has 0 amide bonds. The van der Waals surface area contributed by atoms with E-state index in [4.69, 9.17) is 0 Å². The van der Waals surface area contributed by atoms with Crippen LogP contribution in [0, 0.1) is 0 Å². The first kappa shape index (κ1) is 13.9. The van der Waals surface area contributed by atoms with Crippen molar-refractivity contribution in [3.63, 3.8) is 0 Å². The van der Waals surface area contributed by atoms with Gasteiger partial charge in [-0.15, -0.1) is 0 Å². The molecule has 1 heterocycles. The van der Waals surface area contributed by atoms with Crippen LogP contribution in [0.3, 0.4) is 0 Å². The van der Waals surface area contributed by atoms with Crippen LogP contribution in [0.5, 0.6) is 0 Å². The van der Waals surface area contributed by atoms with Gasteiger partial charge in [0.2, 0.25) is 0 Å². The Hall–Kier alpha value is 0.885. The van der Waals surface area contributed by atoms with E-state index in [1.54, 1.807) is 0 Å². The summed E-state index contributed by atoms with van der Waals surface area (Å²) in [4.78, 5) is 2.33. The zero-order chi connectivity index (χ0) is 9.03. The third-order valence-corrected chi connectivity index (χ3v) is 9.43. The van der Waals surface area contributed by atoms with Gasteiger partial charge in [0.05, 0.1) is 0 Å². The van der Waals surface area contributed by atoms with Crippen LogP contribution in [0.2, 0.25) is 0 Å². The van der Waals surface area contributed by atoms with E-state index in [1.165, 1.54) is 37.3 Å². The number of rotatable bonds is 4. The first-order valence-electron chi connectivity index (χ1n) is 4.54. The molecule has 1 unspecified atom stereocenters. The molecule has 1 aliphatic heterocycles. The number of unbranched alkanes of at least 4 members (excludes halogenated alkanes) is 1. The Labute approximate surface area is 103 Å². The van der Waals surface area contributed by atoms with Crippen molar-refractivity contribution in [2.45, 2.75) is 19.8 Å². The molecule has 0 aromatic rings.